The maximum atomic E-state index is 12.3. The summed E-state index contributed by atoms with van der Waals surface area (Å²) < 4.78 is 10.5. The number of nitrogens with one attached hydrogen (secondary N) is 1. The van der Waals surface area contributed by atoms with Crippen LogP contribution in [-0.2, 0) is 11.2 Å². The molecule has 21 heavy (non-hydrogen) atoms. The van der Waals surface area contributed by atoms with E-state index in [1.807, 2.05) is 18.2 Å². The number of methoxy groups -OCH3 is 2. The number of alkyl halides is 1. The zero-order valence-corrected chi connectivity index (χ0v) is 14.2. The van der Waals surface area contributed by atoms with Crippen LogP contribution in [0.3, 0.4) is 0 Å². The third kappa shape index (κ3) is 3.90. The van der Waals surface area contributed by atoms with Gasteiger partial charge in [0.05, 0.1) is 20.6 Å². The Bertz CT molecular complexity index is 498. The molecule has 1 amide bonds. The van der Waals surface area contributed by atoms with Gasteiger partial charge in [0.15, 0.2) is 11.5 Å². The lowest BCUT2D eigenvalue weighted by atomic mass is 10.00. The molecule has 1 N–H and O–H groups in total. The van der Waals surface area contributed by atoms with Crippen molar-refractivity contribution < 1.29 is 14.3 Å². The number of carbonyl (C=O) groups is 1. The highest BCUT2D eigenvalue weighted by Crippen LogP contribution is 2.32. The van der Waals surface area contributed by atoms with Gasteiger partial charge in [-0.3, -0.25) is 4.79 Å². The van der Waals surface area contributed by atoms with Crippen LogP contribution in [-0.4, -0.2) is 31.0 Å². The van der Waals surface area contributed by atoms with Crippen molar-refractivity contribution in [3.63, 3.8) is 0 Å². The molecule has 1 saturated carbocycles. The SMILES string of the molecule is COc1ccc(CC(=O)NC2(CBr)CCCC2)cc1OC. The van der Waals surface area contributed by atoms with Crippen molar-refractivity contribution in [2.24, 2.45) is 0 Å². The predicted octanol–water partition coefficient (Wildman–Crippen LogP) is 3.07. The van der Waals surface area contributed by atoms with Gasteiger partial charge in [-0.2, -0.15) is 0 Å². The molecule has 116 valence electrons. The average Bonchev–Trinajstić information content (AvgIpc) is 2.96. The van der Waals surface area contributed by atoms with Crippen LogP contribution in [0, 0.1) is 0 Å². The normalized spacial score (nSPS) is 16.5. The van der Waals surface area contributed by atoms with Crippen molar-refractivity contribution in [3.05, 3.63) is 23.8 Å². The van der Waals surface area contributed by atoms with E-state index >= 15 is 0 Å². The van der Waals surface area contributed by atoms with Crippen LogP contribution < -0.4 is 14.8 Å². The molecule has 1 aliphatic carbocycles. The van der Waals surface area contributed by atoms with Gasteiger partial charge >= 0.3 is 0 Å². The molecule has 2 rings (SSSR count). The van der Waals surface area contributed by atoms with Crippen LogP contribution in [0.5, 0.6) is 11.5 Å². The maximum absolute atomic E-state index is 12.3. The zero-order chi connectivity index (χ0) is 15.3. The van der Waals surface area contributed by atoms with Crippen molar-refractivity contribution >= 4 is 21.8 Å². The fraction of sp³-hybridized carbons (Fsp3) is 0.562. The number of amides is 1. The van der Waals surface area contributed by atoms with Gasteiger partial charge < -0.3 is 14.8 Å². The minimum atomic E-state index is -0.0619. The minimum Gasteiger partial charge on any atom is -0.493 e. The molecule has 1 fully saturated rings. The summed E-state index contributed by atoms with van der Waals surface area (Å²) in [6, 6.07) is 5.58. The van der Waals surface area contributed by atoms with Gasteiger partial charge in [0.2, 0.25) is 5.91 Å². The summed E-state index contributed by atoms with van der Waals surface area (Å²) in [7, 11) is 3.20. The van der Waals surface area contributed by atoms with Crippen molar-refractivity contribution in [1.82, 2.24) is 5.32 Å². The lowest BCUT2D eigenvalue weighted by Gasteiger charge is -2.28. The van der Waals surface area contributed by atoms with E-state index in [2.05, 4.69) is 21.2 Å². The Balaban J connectivity index is 2.02. The van der Waals surface area contributed by atoms with Gasteiger partial charge in [-0.15, -0.1) is 0 Å². The number of carbonyl (C=O) groups excluding carboxylic acids is 1. The fourth-order valence-electron chi connectivity index (χ4n) is 2.86. The van der Waals surface area contributed by atoms with E-state index < -0.39 is 0 Å². The Morgan fingerprint density at radius 2 is 1.90 bits per heavy atom. The van der Waals surface area contributed by atoms with Gasteiger partial charge in [-0.1, -0.05) is 34.8 Å². The van der Waals surface area contributed by atoms with Crippen molar-refractivity contribution in [2.45, 2.75) is 37.6 Å². The molecular weight excluding hydrogens is 334 g/mol. The highest BCUT2D eigenvalue weighted by molar-refractivity contribution is 9.09. The molecule has 4 nitrogen and oxygen atoms in total. The van der Waals surface area contributed by atoms with Crippen LogP contribution in [0.15, 0.2) is 18.2 Å². The first-order valence-electron chi connectivity index (χ1n) is 7.20. The smallest absolute Gasteiger partial charge is 0.224 e. The van der Waals surface area contributed by atoms with E-state index in [0.717, 1.165) is 23.7 Å². The number of rotatable bonds is 6. The van der Waals surface area contributed by atoms with Gasteiger partial charge in [0.25, 0.3) is 0 Å². The lowest BCUT2D eigenvalue weighted by molar-refractivity contribution is -0.122. The summed E-state index contributed by atoms with van der Waals surface area (Å²) in [6.07, 6.45) is 4.82. The topological polar surface area (TPSA) is 47.6 Å². The number of hydrogen-bond acceptors (Lipinski definition) is 3. The van der Waals surface area contributed by atoms with E-state index in [-0.39, 0.29) is 11.4 Å². The quantitative estimate of drug-likeness (QED) is 0.797. The van der Waals surface area contributed by atoms with Crippen molar-refractivity contribution in [1.29, 1.82) is 0 Å². The number of hydrogen-bond donors (Lipinski definition) is 1. The van der Waals surface area contributed by atoms with E-state index in [1.54, 1.807) is 14.2 Å². The van der Waals surface area contributed by atoms with Gasteiger partial charge in [-0.25, -0.2) is 0 Å². The van der Waals surface area contributed by atoms with Crippen LogP contribution in [0.25, 0.3) is 0 Å². The van der Waals surface area contributed by atoms with Gasteiger partial charge in [0, 0.05) is 10.9 Å². The Hall–Kier alpha value is -1.23. The van der Waals surface area contributed by atoms with Crippen LogP contribution in [0.2, 0.25) is 0 Å². The minimum absolute atomic E-state index is 0.0589. The molecule has 0 aliphatic heterocycles. The molecule has 0 radical (unpaired) electrons. The fourth-order valence-corrected chi connectivity index (χ4v) is 3.56. The van der Waals surface area contributed by atoms with Gasteiger partial charge in [0.1, 0.15) is 0 Å². The molecular formula is C16H22BrNO3. The summed E-state index contributed by atoms with van der Waals surface area (Å²) >= 11 is 3.54. The van der Waals surface area contributed by atoms with Crippen LogP contribution >= 0.6 is 15.9 Å². The molecule has 1 aromatic rings. The van der Waals surface area contributed by atoms with Crippen LogP contribution in [0.1, 0.15) is 31.2 Å². The van der Waals surface area contributed by atoms with Gasteiger partial charge in [-0.05, 0) is 30.5 Å². The Morgan fingerprint density at radius 3 is 2.48 bits per heavy atom. The molecule has 1 aromatic carbocycles. The number of halogens is 1. The molecule has 0 aromatic heterocycles. The molecule has 0 heterocycles. The third-order valence-electron chi connectivity index (χ3n) is 4.03. The first-order chi connectivity index (χ1) is 10.1. The highest BCUT2D eigenvalue weighted by atomic mass is 79.9. The molecule has 0 bridgehead atoms. The molecule has 0 spiro atoms. The van der Waals surface area contributed by atoms with E-state index in [9.17, 15) is 4.79 Å². The summed E-state index contributed by atoms with van der Waals surface area (Å²) in [6.45, 7) is 0. The Kier molecular flexibility index (Phi) is 5.51. The molecule has 1 aliphatic rings. The maximum Gasteiger partial charge on any atom is 0.224 e. The molecule has 0 unspecified atom stereocenters. The summed E-state index contributed by atoms with van der Waals surface area (Å²) in [5.74, 6) is 1.39. The first kappa shape index (κ1) is 16.1. The summed E-state index contributed by atoms with van der Waals surface area (Å²) in [5, 5.41) is 4.02. The largest absolute Gasteiger partial charge is 0.493 e. The molecule has 5 heteroatoms. The molecule has 0 saturated heterocycles. The summed E-state index contributed by atoms with van der Waals surface area (Å²) in [5.41, 5.74) is 0.862. The number of ether oxygens (including phenoxy) is 2. The first-order valence-corrected chi connectivity index (χ1v) is 8.32. The molecule has 0 atom stereocenters. The Morgan fingerprint density at radius 1 is 1.24 bits per heavy atom. The van der Waals surface area contributed by atoms with Crippen molar-refractivity contribution in [2.75, 3.05) is 19.5 Å². The monoisotopic (exact) mass is 355 g/mol. The second-order valence-corrected chi connectivity index (χ2v) is 6.10. The zero-order valence-electron chi connectivity index (χ0n) is 12.6. The van der Waals surface area contributed by atoms with Crippen molar-refractivity contribution in [3.8, 4) is 11.5 Å². The second-order valence-electron chi connectivity index (χ2n) is 5.54. The van der Waals surface area contributed by atoms with E-state index in [0.29, 0.717) is 17.9 Å². The third-order valence-corrected chi connectivity index (χ3v) is 5.11. The second kappa shape index (κ2) is 7.16. The van der Waals surface area contributed by atoms with E-state index in [4.69, 9.17) is 9.47 Å². The predicted molar refractivity (Wildman–Crippen MR) is 86.4 cm³/mol. The Labute approximate surface area is 134 Å². The standard InChI is InChI=1S/C16H22BrNO3/c1-20-13-6-5-12(9-14(13)21-2)10-15(19)18-16(11-17)7-3-4-8-16/h5-6,9H,3-4,7-8,10-11H2,1-2H3,(H,18,19). The van der Waals surface area contributed by atoms with E-state index in [1.165, 1.54) is 12.8 Å². The summed E-state index contributed by atoms with van der Waals surface area (Å²) in [4.78, 5) is 12.3. The highest BCUT2D eigenvalue weighted by Gasteiger charge is 2.34. The average molecular weight is 356 g/mol. The van der Waals surface area contributed by atoms with Crippen LogP contribution in [0.4, 0.5) is 0 Å². The number of benzene rings is 1. The lowest BCUT2D eigenvalue weighted by Crippen LogP contribution is -2.48.